The third-order valence-electron chi connectivity index (χ3n) is 7.86. The summed E-state index contributed by atoms with van der Waals surface area (Å²) in [6.45, 7) is 8.94. The van der Waals surface area contributed by atoms with Gasteiger partial charge >= 0.3 is 71.1 Å². The Morgan fingerprint density at radius 1 is 0.595 bits per heavy atom. The first-order chi connectivity index (χ1) is 19.2. The molecule has 0 aromatic rings. The number of carbonyl (C=O) groups is 2. The molecule has 1 N–H and O–H groups in total. The Kier molecular flexibility index (Phi) is 35.8. The van der Waals surface area contributed by atoms with Gasteiger partial charge in [-0.15, -0.1) is 0 Å². The maximum Gasteiger partial charge on any atom is 1.00 e. The van der Waals surface area contributed by atoms with E-state index in [1.165, 1.54) is 64.2 Å². The largest absolute Gasteiger partial charge is 1.00 e. The fraction of sp³-hybridized carbons (Fsp3) is 0.938. The molecule has 0 spiro atoms. The molecule has 0 aliphatic rings. The van der Waals surface area contributed by atoms with Gasteiger partial charge in [-0.2, -0.15) is 8.42 Å². The van der Waals surface area contributed by atoms with E-state index in [-0.39, 0.29) is 75.2 Å². The zero-order valence-corrected chi connectivity index (χ0v) is 33.1. The second-order valence-electron chi connectivity index (χ2n) is 11.6. The molecule has 0 bridgehead atoms. The maximum atomic E-state index is 12.5. The van der Waals surface area contributed by atoms with Gasteiger partial charge in [0.1, 0.15) is 0 Å². The van der Waals surface area contributed by atoms with E-state index in [2.05, 4.69) is 27.7 Å². The van der Waals surface area contributed by atoms with Crippen LogP contribution in [0.5, 0.6) is 0 Å². The average molecular weight is 639 g/mol. The summed E-state index contributed by atoms with van der Waals surface area (Å²) < 4.78 is 43.9. The van der Waals surface area contributed by atoms with Gasteiger partial charge in [0.15, 0.2) is 5.25 Å². The van der Waals surface area contributed by atoms with Crippen molar-refractivity contribution in [1.82, 2.24) is 0 Å². The van der Waals surface area contributed by atoms with E-state index >= 15 is 0 Å². The summed E-state index contributed by atoms with van der Waals surface area (Å²) in [4.78, 5) is 24.9. The number of rotatable bonds is 28. The molecule has 0 aromatic carbocycles. The van der Waals surface area contributed by atoms with Gasteiger partial charge in [-0.05, 0) is 24.7 Å². The summed E-state index contributed by atoms with van der Waals surface area (Å²) in [5.74, 6) is -1.02. The zero-order valence-electron chi connectivity index (χ0n) is 30.3. The molecule has 7 nitrogen and oxygen atoms in total. The van der Waals surface area contributed by atoms with Gasteiger partial charge in [0, 0.05) is 0 Å². The molecule has 0 aromatic heterocycles. The van der Waals surface area contributed by atoms with Crippen molar-refractivity contribution < 1.29 is 94.0 Å². The Morgan fingerprint density at radius 2 is 1.00 bits per heavy atom. The van der Waals surface area contributed by atoms with Gasteiger partial charge in [-0.25, -0.2) is 0 Å². The van der Waals surface area contributed by atoms with E-state index < -0.39 is 33.7 Å². The Morgan fingerprint density at radius 3 is 1.40 bits per heavy atom. The van der Waals surface area contributed by atoms with Crippen molar-refractivity contribution in [2.24, 2.45) is 11.8 Å². The van der Waals surface area contributed by atoms with Crippen molar-refractivity contribution in [2.75, 3.05) is 13.2 Å². The van der Waals surface area contributed by atoms with Gasteiger partial charge in [0.25, 0.3) is 10.1 Å². The molecular formula is C32H64Na2O7S. The van der Waals surface area contributed by atoms with E-state index in [9.17, 15) is 22.6 Å². The van der Waals surface area contributed by atoms with Gasteiger partial charge in [-0.3, -0.25) is 14.1 Å². The van der Waals surface area contributed by atoms with E-state index in [1.54, 1.807) is 0 Å². The minimum Gasteiger partial charge on any atom is -1.00 e. The molecule has 0 heterocycles. The quantitative estimate of drug-likeness (QED) is 0.0608. The van der Waals surface area contributed by atoms with Gasteiger partial charge in [0.2, 0.25) is 0 Å². The smallest absolute Gasteiger partial charge is 1.00 e. The monoisotopic (exact) mass is 638 g/mol. The minimum absolute atomic E-state index is 0. The molecular weight excluding hydrogens is 574 g/mol. The molecule has 42 heavy (non-hydrogen) atoms. The number of unbranched alkanes of at least 4 members (excludes halogenated alkanes) is 10. The second-order valence-corrected chi connectivity index (χ2v) is 13.2. The van der Waals surface area contributed by atoms with Crippen LogP contribution in [-0.4, -0.2) is 43.4 Å². The molecule has 10 heteroatoms. The first-order valence-corrected chi connectivity index (χ1v) is 18.0. The van der Waals surface area contributed by atoms with Gasteiger partial charge < -0.3 is 12.3 Å². The summed E-state index contributed by atoms with van der Waals surface area (Å²) >= 11 is 0. The predicted octanol–water partition coefficient (Wildman–Crippen LogP) is 3.07. The Bertz CT molecular complexity index is 746. The van der Waals surface area contributed by atoms with Crippen molar-refractivity contribution >= 4 is 22.1 Å². The first kappa shape index (κ1) is 47.3. The van der Waals surface area contributed by atoms with Crippen molar-refractivity contribution in [3.8, 4) is 0 Å². The molecule has 0 saturated heterocycles. The third kappa shape index (κ3) is 27.2. The van der Waals surface area contributed by atoms with Crippen molar-refractivity contribution in [2.45, 2.75) is 168 Å². The number of esters is 2. The molecule has 242 valence electrons. The summed E-state index contributed by atoms with van der Waals surface area (Å²) in [5.41, 5.74) is 0. The first-order valence-electron chi connectivity index (χ1n) is 16.5. The minimum atomic E-state index is -4.79. The number of ether oxygens (including phenoxy) is 2. The van der Waals surface area contributed by atoms with Crippen LogP contribution in [0.1, 0.15) is 165 Å². The van der Waals surface area contributed by atoms with Crippen LogP contribution in [0.3, 0.4) is 0 Å². The Hall–Kier alpha value is 0.850. The molecule has 0 fully saturated rings. The zero-order chi connectivity index (χ0) is 30.1. The summed E-state index contributed by atoms with van der Waals surface area (Å²) in [7, 11) is -4.79. The molecule has 0 aliphatic heterocycles. The Labute approximate surface area is 306 Å². The van der Waals surface area contributed by atoms with Crippen molar-refractivity contribution in [3.63, 3.8) is 0 Å². The van der Waals surface area contributed by atoms with Gasteiger partial charge in [-0.1, -0.05) is 143 Å². The normalized spacial score (nSPS) is 13.4. The van der Waals surface area contributed by atoms with Crippen LogP contribution in [0, 0.1) is 11.8 Å². The van der Waals surface area contributed by atoms with E-state index in [4.69, 9.17) is 9.47 Å². The second kappa shape index (κ2) is 31.8. The van der Waals surface area contributed by atoms with E-state index in [0.717, 1.165) is 51.4 Å². The number of carbonyl (C=O) groups excluding carboxylic acids is 2. The molecule has 3 unspecified atom stereocenters. The van der Waals surface area contributed by atoms with Crippen LogP contribution in [0.25, 0.3) is 0 Å². The standard InChI is InChI=1S/C32H62O7S.2Na.2H/c1-5-9-11-13-15-17-21-28(19-7-3)23-25-38-31(33)27-30(40(35,36)37)32(34)39-26-24-29(20-8-4)22-18-16-14-12-10-6-2;;;;/h28-30H,5-27H2,1-4H3,(H,35,36,37);;;;/q;2*+1;2*-1. The van der Waals surface area contributed by atoms with E-state index in [0.29, 0.717) is 24.7 Å². The average Bonchev–Trinajstić information content (AvgIpc) is 2.90. The topological polar surface area (TPSA) is 107 Å². The van der Waals surface area contributed by atoms with Crippen LogP contribution in [0.4, 0.5) is 0 Å². The number of hydrogen-bond acceptors (Lipinski definition) is 6. The van der Waals surface area contributed by atoms with Crippen LogP contribution in [-0.2, 0) is 29.2 Å². The van der Waals surface area contributed by atoms with Crippen LogP contribution >= 0.6 is 0 Å². The van der Waals surface area contributed by atoms with Crippen molar-refractivity contribution in [3.05, 3.63) is 0 Å². The predicted molar refractivity (Wildman–Crippen MR) is 166 cm³/mol. The summed E-state index contributed by atoms with van der Waals surface area (Å²) in [6.07, 6.45) is 21.7. The molecule has 0 rings (SSSR count). The maximum absolute atomic E-state index is 12.5. The molecule has 3 atom stereocenters. The third-order valence-corrected chi connectivity index (χ3v) is 8.94. The fourth-order valence-electron chi connectivity index (χ4n) is 5.39. The van der Waals surface area contributed by atoms with Crippen molar-refractivity contribution in [1.29, 1.82) is 0 Å². The summed E-state index contributed by atoms with van der Waals surface area (Å²) in [5, 5.41) is -1.95. The van der Waals surface area contributed by atoms with Gasteiger partial charge in [0.05, 0.1) is 19.6 Å². The van der Waals surface area contributed by atoms with E-state index in [1.807, 2.05) is 0 Å². The number of hydrogen-bond donors (Lipinski definition) is 1. The van der Waals surface area contributed by atoms with Crippen LogP contribution in [0.15, 0.2) is 0 Å². The van der Waals surface area contributed by atoms with Crippen LogP contribution < -0.4 is 59.1 Å². The SMILES string of the molecule is CCCCCCCCC(CCC)CCOC(=O)CC(C(=O)OCCC(CCC)CCCCCCCC)S(=O)(=O)O.[H-].[H-].[Na+].[Na+]. The molecule has 0 saturated carbocycles. The van der Waals surface area contributed by atoms with Crippen LogP contribution in [0.2, 0.25) is 0 Å². The summed E-state index contributed by atoms with van der Waals surface area (Å²) in [6, 6.07) is 0. The molecule has 0 aliphatic carbocycles. The fourth-order valence-corrected chi connectivity index (χ4v) is 6.05. The molecule has 0 radical (unpaired) electrons. The molecule has 0 amide bonds. The Balaban J connectivity index is -0.00000127.